The lowest BCUT2D eigenvalue weighted by atomic mass is 9.47. The van der Waals surface area contributed by atoms with Gasteiger partial charge in [0.15, 0.2) is 17.2 Å². The van der Waals surface area contributed by atoms with Crippen molar-refractivity contribution in [2.75, 3.05) is 0 Å². The molecule has 156 valence electrons. The average molecular weight is 397 g/mol. The Bertz CT molecular complexity index is 868. The highest BCUT2D eigenvalue weighted by Crippen LogP contribution is 2.71. The fraction of sp³-hybridized carbons (Fsp3) is 0.720. The summed E-state index contributed by atoms with van der Waals surface area (Å²) in [6.07, 6.45) is 11.2. The molecule has 0 radical (unpaired) electrons. The molecule has 4 heteroatoms. The molecule has 0 spiro atoms. The van der Waals surface area contributed by atoms with Gasteiger partial charge in [0, 0.05) is 17.8 Å². The zero-order valence-corrected chi connectivity index (χ0v) is 18.0. The zero-order valence-electron chi connectivity index (χ0n) is 18.0. The minimum atomic E-state index is -0.981. The van der Waals surface area contributed by atoms with Gasteiger partial charge >= 0.3 is 5.97 Å². The van der Waals surface area contributed by atoms with E-state index >= 15 is 0 Å². The van der Waals surface area contributed by atoms with Crippen molar-refractivity contribution in [1.29, 1.82) is 0 Å². The van der Waals surface area contributed by atoms with Gasteiger partial charge in [0.1, 0.15) is 0 Å². The van der Waals surface area contributed by atoms with Crippen LogP contribution >= 0.6 is 0 Å². The molecule has 0 aliphatic heterocycles. The van der Waals surface area contributed by atoms with Crippen molar-refractivity contribution < 1.29 is 19.1 Å². The van der Waals surface area contributed by atoms with Crippen molar-refractivity contribution in [1.82, 2.24) is 0 Å². The Labute approximate surface area is 173 Å². The number of hydrogen-bond donors (Lipinski definition) is 0. The van der Waals surface area contributed by atoms with Crippen LogP contribution in [0.4, 0.5) is 0 Å². The van der Waals surface area contributed by atoms with Gasteiger partial charge in [0.2, 0.25) is 0 Å². The number of ketones is 2. The van der Waals surface area contributed by atoms with E-state index in [4.69, 9.17) is 4.74 Å². The molecule has 5 aliphatic rings. The largest absolute Gasteiger partial charge is 0.450 e. The van der Waals surface area contributed by atoms with Crippen LogP contribution in [0.5, 0.6) is 0 Å². The van der Waals surface area contributed by atoms with Gasteiger partial charge in [-0.1, -0.05) is 32.9 Å². The van der Waals surface area contributed by atoms with E-state index in [1.165, 1.54) is 5.57 Å². The molecular formula is C25H32O4. The van der Waals surface area contributed by atoms with Crippen LogP contribution < -0.4 is 0 Å². The van der Waals surface area contributed by atoms with Gasteiger partial charge < -0.3 is 4.74 Å². The summed E-state index contributed by atoms with van der Waals surface area (Å²) in [6, 6.07) is 0. The quantitative estimate of drug-likeness (QED) is 0.662. The minimum Gasteiger partial charge on any atom is -0.450 e. The normalized spacial score (nSPS) is 49.3. The number of allylic oxidation sites excluding steroid dienone is 4. The van der Waals surface area contributed by atoms with Crippen molar-refractivity contribution >= 4 is 17.5 Å². The molecule has 3 saturated carbocycles. The van der Waals surface area contributed by atoms with Crippen molar-refractivity contribution in [3.63, 3.8) is 0 Å². The van der Waals surface area contributed by atoms with Gasteiger partial charge in [0.25, 0.3) is 0 Å². The Balaban J connectivity index is 1.54. The summed E-state index contributed by atoms with van der Waals surface area (Å²) < 4.78 is 5.97. The number of carbonyl (C=O) groups is 3. The molecule has 5 aliphatic carbocycles. The Morgan fingerprint density at radius 3 is 2.55 bits per heavy atom. The second kappa shape index (κ2) is 5.92. The van der Waals surface area contributed by atoms with E-state index in [9.17, 15) is 14.4 Å². The first-order valence-electron chi connectivity index (χ1n) is 11.4. The van der Waals surface area contributed by atoms with Crippen LogP contribution in [-0.2, 0) is 19.1 Å². The Morgan fingerprint density at radius 2 is 1.86 bits per heavy atom. The van der Waals surface area contributed by atoms with Crippen molar-refractivity contribution in [3.05, 3.63) is 23.8 Å². The molecule has 0 amide bonds. The van der Waals surface area contributed by atoms with E-state index in [0.29, 0.717) is 42.3 Å². The van der Waals surface area contributed by atoms with Gasteiger partial charge in [-0.2, -0.15) is 0 Å². The van der Waals surface area contributed by atoms with Crippen LogP contribution in [0.1, 0.15) is 66.2 Å². The molecule has 0 aromatic rings. The molecule has 0 saturated heterocycles. The van der Waals surface area contributed by atoms with E-state index in [2.05, 4.69) is 26.0 Å². The standard InChI is InChI=1S/C25H32O4/c1-5-22(28)29-25(14(2)26)11-9-18-16-7-6-15-12-21(27)17-13-20(17)24(15,4)19(16)8-10-23(18,25)3/h6-7,12,16-20H,5,8-11,13H2,1-4H3/t16-,17+,18-,19-,20-,23-,24-,25-/m0/s1. The first kappa shape index (κ1) is 19.3. The van der Waals surface area contributed by atoms with E-state index in [1.54, 1.807) is 13.8 Å². The first-order valence-corrected chi connectivity index (χ1v) is 11.4. The topological polar surface area (TPSA) is 60.4 Å². The summed E-state index contributed by atoms with van der Waals surface area (Å²) in [4.78, 5) is 37.5. The summed E-state index contributed by atoms with van der Waals surface area (Å²) in [5.41, 5.74) is -0.00823. The minimum absolute atomic E-state index is 0.000134. The van der Waals surface area contributed by atoms with Gasteiger partial charge in [-0.15, -0.1) is 0 Å². The molecule has 0 aromatic heterocycles. The van der Waals surface area contributed by atoms with Gasteiger partial charge in [-0.25, -0.2) is 0 Å². The highest BCUT2D eigenvalue weighted by molar-refractivity contribution is 5.97. The Hall–Kier alpha value is -1.71. The molecule has 8 atom stereocenters. The van der Waals surface area contributed by atoms with Crippen LogP contribution in [0.3, 0.4) is 0 Å². The number of esters is 1. The van der Waals surface area contributed by atoms with Crippen LogP contribution in [0.2, 0.25) is 0 Å². The molecule has 0 unspecified atom stereocenters. The number of ether oxygens (including phenoxy) is 1. The maximum Gasteiger partial charge on any atom is 0.306 e. The lowest BCUT2D eigenvalue weighted by molar-refractivity contribution is -0.186. The summed E-state index contributed by atoms with van der Waals surface area (Å²) >= 11 is 0. The molecule has 29 heavy (non-hydrogen) atoms. The second-order valence-corrected chi connectivity index (χ2v) is 10.6. The van der Waals surface area contributed by atoms with Crippen molar-refractivity contribution in [2.24, 2.45) is 40.4 Å². The fourth-order valence-corrected chi connectivity index (χ4v) is 7.98. The van der Waals surface area contributed by atoms with Crippen LogP contribution in [0, 0.1) is 40.4 Å². The smallest absolute Gasteiger partial charge is 0.306 e. The fourth-order valence-electron chi connectivity index (χ4n) is 7.98. The van der Waals surface area contributed by atoms with Crippen molar-refractivity contribution in [2.45, 2.75) is 71.8 Å². The summed E-state index contributed by atoms with van der Waals surface area (Å²) in [5.74, 6) is 1.97. The van der Waals surface area contributed by atoms with Gasteiger partial charge in [-0.3, -0.25) is 14.4 Å². The molecule has 0 bridgehead atoms. The number of Topliss-reactive ketones (excluding diaryl/α,β-unsaturated/α-hetero) is 1. The summed E-state index contributed by atoms with van der Waals surface area (Å²) in [5, 5.41) is 0. The summed E-state index contributed by atoms with van der Waals surface area (Å²) in [7, 11) is 0. The predicted molar refractivity (Wildman–Crippen MR) is 109 cm³/mol. The molecule has 5 rings (SSSR count). The molecular weight excluding hydrogens is 364 g/mol. The lowest BCUT2D eigenvalue weighted by Crippen LogP contribution is -2.58. The number of fused-ring (bicyclic) bond motifs is 7. The monoisotopic (exact) mass is 396 g/mol. The van der Waals surface area contributed by atoms with E-state index in [1.807, 2.05) is 6.08 Å². The second-order valence-electron chi connectivity index (χ2n) is 10.6. The maximum absolute atomic E-state index is 12.9. The number of rotatable bonds is 3. The number of hydrogen-bond acceptors (Lipinski definition) is 4. The highest BCUT2D eigenvalue weighted by atomic mass is 16.6. The third-order valence-corrected chi connectivity index (χ3v) is 9.71. The maximum atomic E-state index is 12.9. The third kappa shape index (κ3) is 2.24. The van der Waals surface area contributed by atoms with E-state index in [0.717, 1.165) is 25.7 Å². The van der Waals surface area contributed by atoms with E-state index < -0.39 is 5.60 Å². The SMILES string of the molecule is CCC(=O)O[C@]1(C(C)=O)CC[C@H]2[C@@H]3C=CC4=CC(=O)[C@@H]5C[C@@H]5[C@]4(C)[C@H]3CC[C@@]21C. The molecule has 0 aromatic carbocycles. The lowest BCUT2D eigenvalue weighted by Gasteiger charge is -2.57. The molecule has 4 nitrogen and oxygen atoms in total. The third-order valence-electron chi connectivity index (χ3n) is 9.71. The number of carbonyl (C=O) groups excluding carboxylic acids is 3. The highest BCUT2D eigenvalue weighted by Gasteiger charge is 2.69. The predicted octanol–water partition coefficient (Wildman–Crippen LogP) is 4.43. The first-order chi connectivity index (χ1) is 13.7. The van der Waals surface area contributed by atoms with Crippen molar-refractivity contribution in [3.8, 4) is 0 Å². The van der Waals surface area contributed by atoms with Gasteiger partial charge in [0.05, 0.1) is 0 Å². The molecule has 0 N–H and O–H groups in total. The average Bonchev–Trinajstić information content (AvgIpc) is 3.44. The summed E-state index contributed by atoms with van der Waals surface area (Å²) in [6.45, 7) is 7.96. The van der Waals surface area contributed by atoms with Crippen LogP contribution in [0.15, 0.2) is 23.8 Å². The van der Waals surface area contributed by atoms with Crippen LogP contribution in [0.25, 0.3) is 0 Å². The molecule has 0 heterocycles. The Morgan fingerprint density at radius 1 is 1.14 bits per heavy atom. The van der Waals surface area contributed by atoms with Gasteiger partial charge in [-0.05, 0) is 79.8 Å². The van der Waals surface area contributed by atoms with E-state index in [-0.39, 0.29) is 28.5 Å². The Kier molecular flexibility index (Phi) is 3.93. The zero-order chi connectivity index (χ0) is 20.8. The van der Waals surface area contributed by atoms with Crippen LogP contribution in [-0.4, -0.2) is 23.1 Å². The molecule has 3 fully saturated rings.